The first-order valence-corrected chi connectivity index (χ1v) is 28.1. The molecule has 8 heteroatoms. The highest BCUT2D eigenvalue weighted by molar-refractivity contribution is 8.00. The first-order valence-electron chi connectivity index (χ1n) is 27.3. The van der Waals surface area contributed by atoms with Crippen LogP contribution in [0.25, 0.3) is 22.3 Å². The Morgan fingerprint density at radius 3 is 1.20 bits per heavy atom. The van der Waals surface area contributed by atoms with Gasteiger partial charge in [-0.25, -0.2) is 0 Å². The van der Waals surface area contributed by atoms with Gasteiger partial charge >= 0.3 is 0 Å². The third kappa shape index (κ3) is 7.37. The van der Waals surface area contributed by atoms with Crippen LogP contribution in [0, 0.1) is 0 Å². The molecule has 0 spiro atoms. The molecule has 16 rings (SSSR count). The van der Waals surface area contributed by atoms with Crippen molar-refractivity contribution in [2.45, 2.75) is 9.79 Å². The Bertz CT molecular complexity index is 4350. The fraction of sp³-hybridized carbons (Fsp3) is 0. The molecular formula is C72H47B2N3O2S. The van der Waals surface area contributed by atoms with Crippen LogP contribution in [0.5, 0.6) is 23.0 Å². The second kappa shape index (κ2) is 18.9. The van der Waals surface area contributed by atoms with Crippen molar-refractivity contribution < 1.29 is 9.47 Å². The third-order valence-corrected chi connectivity index (χ3v) is 17.3. The van der Waals surface area contributed by atoms with Crippen LogP contribution in [-0.4, -0.2) is 13.4 Å². The van der Waals surface area contributed by atoms with Gasteiger partial charge in [-0.05, 0) is 123 Å². The number of hydrogen-bond acceptors (Lipinski definition) is 6. The van der Waals surface area contributed by atoms with E-state index in [0.717, 1.165) is 90.9 Å². The lowest BCUT2D eigenvalue weighted by atomic mass is 9.29. The Kier molecular flexibility index (Phi) is 10.9. The van der Waals surface area contributed by atoms with Gasteiger partial charge in [0.15, 0.2) is 0 Å². The van der Waals surface area contributed by atoms with Gasteiger partial charge in [0.2, 0.25) is 6.71 Å². The van der Waals surface area contributed by atoms with Crippen molar-refractivity contribution in [3.8, 4) is 45.3 Å². The monoisotopic (exact) mass is 1040 g/mol. The third-order valence-electron chi connectivity index (χ3n) is 16.1. The van der Waals surface area contributed by atoms with Gasteiger partial charge < -0.3 is 24.2 Å². The summed E-state index contributed by atoms with van der Waals surface area (Å²) in [5, 5.41) is 0. The largest absolute Gasteiger partial charge is 0.457 e. The summed E-state index contributed by atoms with van der Waals surface area (Å²) >= 11 is 1.84. The molecule has 0 saturated carbocycles. The summed E-state index contributed by atoms with van der Waals surface area (Å²) in [6.07, 6.45) is 0. The Morgan fingerprint density at radius 2 is 0.662 bits per heavy atom. The maximum Gasteiger partial charge on any atom is 0.252 e. The zero-order valence-electron chi connectivity index (χ0n) is 43.4. The fourth-order valence-electron chi connectivity index (χ4n) is 13.1. The van der Waals surface area contributed by atoms with Crippen LogP contribution in [0.4, 0.5) is 51.2 Å². The quantitative estimate of drug-likeness (QED) is 0.134. The highest BCUT2D eigenvalue weighted by Gasteiger charge is 2.51. The normalized spacial score (nSPS) is 13.1. The minimum atomic E-state index is -0.249. The van der Waals surface area contributed by atoms with Crippen molar-refractivity contribution in [2.75, 3.05) is 14.7 Å². The predicted molar refractivity (Wildman–Crippen MR) is 334 cm³/mol. The minimum absolute atomic E-state index is 0.187. The molecule has 0 aliphatic carbocycles. The highest BCUT2D eigenvalue weighted by Crippen LogP contribution is 2.55. The summed E-state index contributed by atoms with van der Waals surface area (Å²) in [5.74, 6) is 3.08. The molecule has 0 atom stereocenters. The molecule has 4 aliphatic heterocycles. The van der Waals surface area contributed by atoms with Crippen LogP contribution in [0.3, 0.4) is 0 Å². The van der Waals surface area contributed by atoms with E-state index in [9.17, 15) is 0 Å². The lowest BCUT2D eigenvalue weighted by Gasteiger charge is -2.49. The molecule has 5 nitrogen and oxygen atoms in total. The number of para-hydroxylation sites is 6. The molecular weight excluding hydrogens is 993 g/mol. The van der Waals surface area contributed by atoms with Gasteiger partial charge in [0.25, 0.3) is 6.71 Å². The molecule has 374 valence electrons. The lowest BCUT2D eigenvalue weighted by Crippen LogP contribution is -2.66. The van der Waals surface area contributed by atoms with Crippen LogP contribution >= 0.6 is 11.8 Å². The molecule has 0 bridgehead atoms. The van der Waals surface area contributed by atoms with E-state index in [0.29, 0.717) is 0 Å². The summed E-state index contributed by atoms with van der Waals surface area (Å²) in [6.45, 7) is -0.436. The molecule has 12 aromatic carbocycles. The Labute approximate surface area is 470 Å². The molecule has 4 heterocycles. The average molecular weight is 1040 g/mol. The molecule has 0 unspecified atom stereocenters. The molecule has 0 saturated heterocycles. The van der Waals surface area contributed by atoms with Gasteiger partial charge in [0.1, 0.15) is 23.0 Å². The maximum absolute atomic E-state index is 7.06. The van der Waals surface area contributed by atoms with Gasteiger partial charge in [-0.2, -0.15) is 0 Å². The second-order valence-corrected chi connectivity index (χ2v) is 21.7. The van der Waals surface area contributed by atoms with E-state index >= 15 is 0 Å². The Hall–Kier alpha value is -9.88. The van der Waals surface area contributed by atoms with E-state index in [-0.39, 0.29) is 13.4 Å². The molecule has 80 heavy (non-hydrogen) atoms. The number of hydrogen-bond donors (Lipinski definition) is 0. The highest BCUT2D eigenvalue weighted by atomic mass is 32.2. The van der Waals surface area contributed by atoms with E-state index in [1.54, 1.807) is 0 Å². The minimum Gasteiger partial charge on any atom is -0.457 e. The number of ether oxygens (including phenoxy) is 2. The molecule has 0 amide bonds. The number of benzene rings is 12. The number of nitrogens with zero attached hydrogens (tertiary/aromatic N) is 3. The standard InChI is InChI=1S/C72H47B2N3O2S/c1-8-26-48(27-9-1)65-69-71(76(51-32-14-4-15-33-51)61-45-55(78-53-36-18-6-19-37-53)44-60-67(61)73(69)57-40-22-24-42-59(57)75(60)50-30-12-3-13-31-50)66(49-28-10-2-11-29-49)72-70(65)74-58-41-23-25-43-63(58)80-64-47-56(79-54-38-20-7-21-39-54)46-62(68(64)74)77(72)52-34-16-5-17-35-52/h1-47H. The van der Waals surface area contributed by atoms with Crippen molar-refractivity contribution >= 4 is 109 Å². The van der Waals surface area contributed by atoms with Crippen molar-refractivity contribution in [3.05, 3.63) is 285 Å². The van der Waals surface area contributed by atoms with Gasteiger partial charge in [-0.1, -0.05) is 205 Å². The van der Waals surface area contributed by atoms with Crippen molar-refractivity contribution in [1.29, 1.82) is 0 Å². The van der Waals surface area contributed by atoms with Crippen LogP contribution in [-0.2, 0) is 0 Å². The van der Waals surface area contributed by atoms with Crippen LogP contribution in [0.2, 0.25) is 0 Å². The van der Waals surface area contributed by atoms with E-state index in [4.69, 9.17) is 9.47 Å². The predicted octanol–water partition coefficient (Wildman–Crippen LogP) is 15.5. The van der Waals surface area contributed by atoms with E-state index in [1.807, 2.05) is 72.4 Å². The molecule has 12 aromatic rings. The first-order chi connectivity index (χ1) is 39.7. The fourth-order valence-corrected chi connectivity index (χ4v) is 14.2. The molecule has 0 aromatic heterocycles. The summed E-state index contributed by atoms with van der Waals surface area (Å²) in [5.41, 5.74) is 21.8. The molecule has 4 aliphatic rings. The molecule has 0 N–H and O–H groups in total. The van der Waals surface area contributed by atoms with Gasteiger partial charge in [0.05, 0.1) is 11.4 Å². The second-order valence-electron chi connectivity index (χ2n) is 20.6. The summed E-state index contributed by atoms with van der Waals surface area (Å²) in [4.78, 5) is 10.00. The summed E-state index contributed by atoms with van der Waals surface area (Å²) in [7, 11) is 0. The maximum atomic E-state index is 7.06. The number of fused-ring (bicyclic) bond motifs is 8. The van der Waals surface area contributed by atoms with E-state index in [2.05, 4.69) is 239 Å². The van der Waals surface area contributed by atoms with Crippen molar-refractivity contribution in [2.24, 2.45) is 0 Å². The number of anilines is 9. The first kappa shape index (κ1) is 46.2. The van der Waals surface area contributed by atoms with Crippen molar-refractivity contribution in [3.63, 3.8) is 0 Å². The smallest absolute Gasteiger partial charge is 0.252 e. The van der Waals surface area contributed by atoms with Gasteiger partial charge in [-0.3, -0.25) is 0 Å². The zero-order chi connectivity index (χ0) is 52.7. The van der Waals surface area contributed by atoms with Crippen LogP contribution in [0.15, 0.2) is 295 Å². The van der Waals surface area contributed by atoms with Crippen molar-refractivity contribution in [1.82, 2.24) is 0 Å². The van der Waals surface area contributed by atoms with Crippen LogP contribution in [0.1, 0.15) is 0 Å². The van der Waals surface area contributed by atoms with E-state index < -0.39 is 0 Å². The average Bonchev–Trinajstić information content (AvgIpc) is 1.84. The molecule has 0 fully saturated rings. The summed E-state index contributed by atoms with van der Waals surface area (Å²) in [6, 6.07) is 103. The SMILES string of the molecule is c1ccc(Oc2cc3c4c(c2)N(c2ccccc2)c2c(c(-c5ccccc5)c5c(c2-c2ccccc2)N(c2ccccc2)c2cc(Oc6ccccc6)cc6c2B5c2ccccc2N6c2ccccc2)B4c2ccccc2S3)cc1. The summed E-state index contributed by atoms with van der Waals surface area (Å²) < 4.78 is 14.0. The Balaban J connectivity index is 1.13. The Morgan fingerprint density at radius 1 is 0.275 bits per heavy atom. The van der Waals surface area contributed by atoms with Crippen LogP contribution < -0.4 is 57.0 Å². The van der Waals surface area contributed by atoms with E-state index in [1.165, 1.54) is 48.1 Å². The molecule has 0 radical (unpaired) electrons. The van der Waals surface area contributed by atoms with Gasteiger partial charge in [-0.15, -0.1) is 0 Å². The topological polar surface area (TPSA) is 28.2 Å². The zero-order valence-corrected chi connectivity index (χ0v) is 44.2. The lowest BCUT2D eigenvalue weighted by molar-refractivity contribution is 0.481. The van der Waals surface area contributed by atoms with Gasteiger partial charge in [0, 0.05) is 73.4 Å². The number of rotatable bonds is 9.